The van der Waals surface area contributed by atoms with Gasteiger partial charge in [0.05, 0.1) is 15.4 Å². The number of hydrogen-bond acceptors (Lipinski definition) is 4. The zero-order chi connectivity index (χ0) is 13.6. The van der Waals surface area contributed by atoms with Crippen LogP contribution in [0.4, 0.5) is 0 Å². The van der Waals surface area contributed by atoms with Crippen LogP contribution in [0.2, 0.25) is 0 Å². The Hall–Kier alpha value is -0.590. The summed E-state index contributed by atoms with van der Waals surface area (Å²) in [5.41, 5.74) is 0. The lowest BCUT2D eigenvalue weighted by Crippen LogP contribution is -2.44. The molecular weight excluding hydrogens is 270 g/mol. The summed E-state index contributed by atoms with van der Waals surface area (Å²) in [5.74, 6) is 0. The molecule has 0 bridgehead atoms. The fourth-order valence-electron chi connectivity index (χ4n) is 2.07. The summed E-state index contributed by atoms with van der Waals surface area (Å²) in [6.07, 6.45) is 10.1. The Balaban J connectivity index is 0.000000280. The van der Waals surface area contributed by atoms with E-state index >= 15 is 0 Å². The normalized spacial score (nSPS) is 23.9. The topological polar surface area (TPSA) is 61.1 Å². The maximum absolute atomic E-state index is 9.08. The van der Waals surface area contributed by atoms with Crippen LogP contribution in [0.1, 0.15) is 31.7 Å². The van der Waals surface area contributed by atoms with E-state index in [4.69, 9.17) is 13.0 Å². The van der Waals surface area contributed by atoms with Crippen molar-refractivity contribution < 1.29 is 17.5 Å². The van der Waals surface area contributed by atoms with Crippen LogP contribution in [-0.2, 0) is 10.1 Å². The van der Waals surface area contributed by atoms with E-state index in [0.717, 1.165) is 0 Å². The summed E-state index contributed by atoms with van der Waals surface area (Å²) in [6, 6.07) is 6.86. The summed E-state index contributed by atoms with van der Waals surface area (Å²) < 4.78 is 29.5. The second-order valence-corrected chi connectivity index (χ2v) is 6.52. The van der Waals surface area contributed by atoms with E-state index in [2.05, 4.69) is 47.8 Å². The van der Waals surface area contributed by atoms with Crippen LogP contribution in [0.15, 0.2) is 30.6 Å². The van der Waals surface area contributed by atoms with Gasteiger partial charge in [-0.3, -0.25) is 0 Å². The van der Waals surface area contributed by atoms with Crippen LogP contribution in [0.5, 0.6) is 0 Å². The molecule has 1 saturated carbocycles. The first-order chi connectivity index (χ1) is 8.38. The lowest BCUT2D eigenvalue weighted by Gasteiger charge is -2.23. The minimum absolute atomic E-state index is 0.543. The Kier molecular flexibility index (Phi) is 6.11. The Morgan fingerprint density at radius 2 is 1.67 bits per heavy atom. The Labute approximate surface area is 114 Å². The van der Waals surface area contributed by atoms with Gasteiger partial charge in [0.1, 0.15) is 0 Å². The molecule has 0 amide bonds. The van der Waals surface area contributed by atoms with Crippen LogP contribution in [0.25, 0.3) is 0 Å². The molecule has 1 aliphatic carbocycles. The van der Waals surface area contributed by atoms with E-state index in [-0.39, 0.29) is 0 Å². The average molecular weight is 289 g/mol. The second kappa shape index (κ2) is 7.11. The fraction of sp³-hybridized carbons (Fsp3) is 0.583. The summed E-state index contributed by atoms with van der Waals surface area (Å²) in [5, 5.41) is 0.543. The number of pyridine rings is 1. The molecule has 0 spiro atoms. The smallest absolute Gasteiger partial charge is 0.169 e. The van der Waals surface area contributed by atoms with Gasteiger partial charge in [-0.25, -0.2) is 13.0 Å². The molecule has 2 atom stereocenters. The van der Waals surface area contributed by atoms with Crippen molar-refractivity contribution in [1.29, 1.82) is 0 Å². The summed E-state index contributed by atoms with van der Waals surface area (Å²) in [4.78, 5) is 0. The molecule has 18 heavy (non-hydrogen) atoms. The van der Waals surface area contributed by atoms with Gasteiger partial charge in [-0.15, -0.1) is 0 Å². The number of hydrogen-bond donors (Lipinski definition) is 1. The standard InChI is InChI=1S/C11H15NS.CH4O3S/c13-11-7-3-2-6-10(11)12-8-4-1-5-9-12;1-5(2,3)4/h1,4-5,8-11H,2-3,6-7H2;1H3,(H,2,3,4). The third-order valence-corrected chi connectivity index (χ3v) is 3.42. The predicted octanol–water partition coefficient (Wildman–Crippen LogP) is 1.55. The van der Waals surface area contributed by atoms with Crippen molar-refractivity contribution in [2.75, 3.05) is 6.26 Å². The van der Waals surface area contributed by atoms with E-state index in [1.54, 1.807) is 0 Å². The highest BCUT2D eigenvalue weighted by molar-refractivity contribution is 7.84. The maximum atomic E-state index is 9.08. The summed E-state index contributed by atoms with van der Waals surface area (Å²) >= 11 is 4.65. The van der Waals surface area contributed by atoms with Crippen molar-refractivity contribution in [3.8, 4) is 0 Å². The molecule has 102 valence electrons. The zero-order valence-electron chi connectivity index (χ0n) is 10.4. The van der Waals surface area contributed by atoms with Crippen LogP contribution in [-0.4, -0.2) is 24.5 Å². The molecule has 2 unspecified atom stereocenters. The van der Waals surface area contributed by atoms with E-state index in [9.17, 15) is 0 Å². The monoisotopic (exact) mass is 289 g/mol. The molecule has 1 aromatic rings. The van der Waals surface area contributed by atoms with E-state index in [1.165, 1.54) is 25.7 Å². The molecular formula is C12H19NO3S2. The van der Waals surface area contributed by atoms with Crippen molar-refractivity contribution in [3.63, 3.8) is 0 Å². The quantitative estimate of drug-likeness (QED) is 0.485. The van der Waals surface area contributed by atoms with Gasteiger partial charge in [-0.1, -0.05) is 12.5 Å². The second-order valence-electron chi connectivity index (χ2n) is 4.45. The van der Waals surface area contributed by atoms with Crippen molar-refractivity contribution in [2.45, 2.75) is 37.0 Å². The molecule has 0 N–H and O–H groups in total. The van der Waals surface area contributed by atoms with Crippen LogP contribution in [0.3, 0.4) is 0 Å². The van der Waals surface area contributed by atoms with Crippen molar-refractivity contribution in [1.82, 2.24) is 0 Å². The molecule has 1 aliphatic rings. The Morgan fingerprint density at radius 3 is 2.17 bits per heavy atom. The van der Waals surface area contributed by atoms with E-state index in [1.807, 2.05) is 0 Å². The van der Waals surface area contributed by atoms with Crippen molar-refractivity contribution in [2.24, 2.45) is 0 Å². The number of nitrogens with zero attached hydrogens (tertiary/aromatic N) is 1. The van der Waals surface area contributed by atoms with Crippen molar-refractivity contribution >= 4 is 22.7 Å². The highest BCUT2D eigenvalue weighted by atomic mass is 32.2. The van der Waals surface area contributed by atoms with E-state index in [0.29, 0.717) is 17.5 Å². The van der Waals surface area contributed by atoms with Crippen LogP contribution < -0.4 is 4.57 Å². The highest BCUT2D eigenvalue weighted by Crippen LogP contribution is 2.28. The number of rotatable bonds is 1. The van der Waals surface area contributed by atoms with Gasteiger partial charge < -0.3 is 4.55 Å². The van der Waals surface area contributed by atoms with Gasteiger partial charge in [0.25, 0.3) is 0 Å². The maximum Gasteiger partial charge on any atom is 0.169 e. The number of thiol groups is 1. The Morgan fingerprint density at radius 1 is 1.17 bits per heavy atom. The molecule has 1 fully saturated rings. The molecule has 2 rings (SSSR count). The predicted molar refractivity (Wildman–Crippen MR) is 72.5 cm³/mol. The SMILES string of the molecule is CS(=O)(=O)[O-].SC1CCCCC1[n+]1ccccc1. The minimum Gasteiger partial charge on any atom is -0.748 e. The lowest BCUT2D eigenvalue weighted by atomic mass is 9.94. The first-order valence-corrected chi connectivity index (χ1v) is 8.26. The van der Waals surface area contributed by atoms with Gasteiger partial charge in [-0.05, 0) is 12.8 Å². The van der Waals surface area contributed by atoms with Crippen LogP contribution >= 0.6 is 12.6 Å². The number of aromatic nitrogens is 1. The highest BCUT2D eigenvalue weighted by Gasteiger charge is 2.28. The summed E-state index contributed by atoms with van der Waals surface area (Å²) in [6.45, 7) is 0. The molecule has 0 aromatic carbocycles. The average Bonchev–Trinajstić information content (AvgIpc) is 2.29. The fourth-order valence-corrected chi connectivity index (χ4v) is 2.56. The van der Waals surface area contributed by atoms with Gasteiger partial charge in [0.15, 0.2) is 18.4 Å². The van der Waals surface area contributed by atoms with Crippen LogP contribution in [0, 0.1) is 0 Å². The van der Waals surface area contributed by atoms with E-state index < -0.39 is 10.1 Å². The van der Waals surface area contributed by atoms with Gasteiger partial charge in [0.2, 0.25) is 0 Å². The van der Waals surface area contributed by atoms with Gasteiger partial charge in [0, 0.05) is 24.8 Å². The molecule has 0 aliphatic heterocycles. The lowest BCUT2D eigenvalue weighted by molar-refractivity contribution is -0.724. The first-order valence-electron chi connectivity index (χ1n) is 5.92. The largest absolute Gasteiger partial charge is 0.748 e. The van der Waals surface area contributed by atoms with Gasteiger partial charge >= 0.3 is 0 Å². The zero-order valence-corrected chi connectivity index (χ0v) is 12.1. The summed E-state index contributed by atoms with van der Waals surface area (Å²) in [7, 11) is -3.92. The molecule has 0 saturated heterocycles. The third-order valence-electron chi connectivity index (χ3n) is 2.82. The molecule has 1 aromatic heterocycles. The molecule has 0 radical (unpaired) electrons. The molecule has 1 heterocycles. The molecule has 4 nitrogen and oxygen atoms in total. The minimum atomic E-state index is -3.92. The third kappa shape index (κ3) is 6.37. The van der Waals surface area contributed by atoms with Crippen molar-refractivity contribution in [3.05, 3.63) is 30.6 Å². The Bertz CT molecular complexity index is 440. The molecule has 6 heteroatoms. The van der Waals surface area contributed by atoms with Gasteiger partial charge in [-0.2, -0.15) is 12.6 Å². The first kappa shape index (κ1) is 15.5.